The lowest BCUT2D eigenvalue weighted by molar-refractivity contribution is -0.0750. The molecule has 1 rings (SSSR count). The van der Waals surface area contributed by atoms with Gasteiger partial charge in [-0.2, -0.15) is 5.06 Å². The number of nitrogens with one attached hydrogen (secondary N) is 1. The van der Waals surface area contributed by atoms with Gasteiger partial charge < -0.3 is 27.4 Å². The zero-order chi connectivity index (χ0) is 7.40. The highest BCUT2D eigenvalue weighted by atomic mass is 31.2. The van der Waals surface area contributed by atoms with Crippen LogP contribution >= 0.6 is 8.60 Å². The summed E-state index contributed by atoms with van der Waals surface area (Å²) in [6.45, 7) is 3.09. The van der Waals surface area contributed by atoms with Crippen molar-refractivity contribution >= 4 is 8.60 Å². The molecule has 0 amide bonds. The van der Waals surface area contributed by atoms with Crippen LogP contribution in [0.5, 0.6) is 0 Å². The standard InChI is InChI=1S/C4H11N2O3P.2H3N/c7-10(8)9-6-3-1-5-2-4-6;;/h5,7-8H,1-4H2;2*1H3. The van der Waals surface area contributed by atoms with E-state index in [-0.39, 0.29) is 12.3 Å². The summed E-state index contributed by atoms with van der Waals surface area (Å²) < 4.78 is 4.66. The molecule has 1 fully saturated rings. The molecular weight excluding hydrogens is 183 g/mol. The van der Waals surface area contributed by atoms with Gasteiger partial charge in [0.15, 0.2) is 0 Å². The van der Waals surface area contributed by atoms with Gasteiger partial charge in [0.1, 0.15) is 0 Å². The first kappa shape index (κ1) is 14.7. The van der Waals surface area contributed by atoms with Crippen molar-refractivity contribution in [3.8, 4) is 0 Å². The molecule has 0 spiro atoms. The van der Waals surface area contributed by atoms with Crippen LogP contribution in [0.25, 0.3) is 0 Å². The van der Waals surface area contributed by atoms with Crippen LogP contribution in [0.4, 0.5) is 0 Å². The van der Waals surface area contributed by atoms with Crippen molar-refractivity contribution in [3.63, 3.8) is 0 Å². The van der Waals surface area contributed by atoms with E-state index in [4.69, 9.17) is 9.79 Å². The fourth-order valence-corrected chi connectivity index (χ4v) is 1.20. The lowest BCUT2D eigenvalue weighted by atomic mass is 10.4. The lowest BCUT2D eigenvalue weighted by Crippen LogP contribution is -2.42. The van der Waals surface area contributed by atoms with Crippen LogP contribution in [0.3, 0.4) is 0 Å². The topological polar surface area (TPSA) is 135 Å². The van der Waals surface area contributed by atoms with Gasteiger partial charge >= 0.3 is 8.60 Å². The third-order valence-corrected chi connectivity index (χ3v) is 1.64. The molecule has 12 heavy (non-hydrogen) atoms. The zero-order valence-corrected chi connectivity index (χ0v) is 7.83. The monoisotopic (exact) mass is 200 g/mol. The van der Waals surface area contributed by atoms with Gasteiger partial charge in [-0.1, -0.05) is 0 Å². The number of hydrogen-bond acceptors (Lipinski definition) is 7. The summed E-state index contributed by atoms with van der Waals surface area (Å²) in [4.78, 5) is 16.9. The Kier molecular flexibility index (Phi) is 9.51. The molecule has 0 unspecified atom stereocenters. The molecular formula is C4H17N4O3P. The smallest absolute Gasteiger partial charge is 0.344 e. The molecule has 1 aliphatic heterocycles. The third-order valence-electron chi connectivity index (χ3n) is 1.26. The Morgan fingerprint density at radius 3 is 2.08 bits per heavy atom. The summed E-state index contributed by atoms with van der Waals surface area (Å²) in [5.41, 5.74) is 0. The fraction of sp³-hybridized carbons (Fsp3) is 1.00. The summed E-state index contributed by atoms with van der Waals surface area (Å²) in [5, 5.41) is 4.67. The highest BCUT2D eigenvalue weighted by Gasteiger charge is 2.13. The molecule has 0 aliphatic carbocycles. The van der Waals surface area contributed by atoms with E-state index >= 15 is 0 Å². The largest absolute Gasteiger partial charge is 0.345 e. The van der Waals surface area contributed by atoms with Gasteiger partial charge in [0.05, 0.1) is 0 Å². The average Bonchev–Trinajstić information content (AvgIpc) is 1.88. The second-order valence-corrected chi connectivity index (χ2v) is 2.68. The number of nitrogens with zero attached hydrogens (tertiary/aromatic N) is 1. The second-order valence-electron chi connectivity index (χ2n) is 2.01. The Bertz CT molecular complexity index is 100. The van der Waals surface area contributed by atoms with Gasteiger partial charge in [0, 0.05) is 26.2 Å². The van der Waals surface area contributed by atoms with E-state index in [9.17, 15) is 0 Å². The van der Waals surface area contributed by atoms with Gasteiger partial charge in [0.25, 0.3) is 0 Å². The molecule has 76 valence electrons. The normalized spacial score (nSPS) is 18.2. The molecule has 9 N–H and O–H groups in total. The minimum absolute atomic E-state index is 0. The number of piperazine rings is 1. The highest BCUT2D eigenvalue weighted by molar-refractivity contribution is 7.39. The van der Waals surface area contributed by atoms with Gasteiger partial charge in [-0.05, 0) is 0 Å². The molecule has 0 aromatic carbocycles. The van der Waals surface area contributed by atoms with Crippen molar-refractivity contribution in [3.05, 3.63) is 0 Å². The van der Waals surface area contributed by atoms with Gasteiger partial charge in [0.2, 0.25) is 0 Å². The van der Waals surface area contributed by atoms with E-state index in [0.717, 1.165) is 13.1 Å². The van der Waals surface area contributed by atoms with Crippen LogP contribution in [-0.2, 0) is 4.62 Å². The predicted octanol–water partition coefficient (Wildman–Crippen LogP) is -0.641. The van der Waals surface area contributed by atoms with Crippen molar-refractivity contribution < 1.29 is 14.4 Å². The number of hydroxylamine groups is 2. The fourth-order valence-electron chi connectivity index (χ4n) is 0.829. The summed E-state index contributed by atoms with van der Waals surface area (Å²) in [7, 11) is -2.23. The third kappa shape index (κ3) is 5.76. The molecule has 7 nitrogen and oxygen atoms in total. The van der Waals surface area contributed by atoms with E-state index in [0.29, 0.717) is 13.1 Å². The Balaban J connectivity index is 0. The molecule has 8 heteroatoms. The average molecular weight is 200 g/mol. The Morgan fingerprint density at radius 2 is 1.67 bits per heavy atom. The molecule has 0 bridgehead atoms. The molecule has 0 atom stereocenters. The summed E-state index contributed by atoms with van der Waals surface area (Å²) >= 11 is 0. The molecule has 1 heterocycles. The Hall–Kier alpha value is 0.150. The SMILES string of the molecule is N.N.OP(O)ON1CCNCC1. The highest BCUT2D eigenvalue weighted by Crippen LogP contribution is 2.25. The molecule has 1 saturated heterocycles. The van der Waals surface area contributed by atoms with Crippen molar-refractivity contribution in [2.24, 2.45) is 0 Å². The van der Waals surface area contributed by atoms with E-state index < -0.39 is 8.60 Å². The lowest BCUT2D eigenvalue weighted by Gasteiger charge is -2.25. The van der Waals surface area contributed by atoms with Crippen LogP contribution in [0.2, 0.25) is 0 Å². The molecule has 0 aromatic heterocycles. The molecule has 1 aliphatic rings. The first-order valence-electron chi connectivity index (χ1n) is 3.10. The Labute approximate surface area is 72.8 Å². The van der Waals surface area contributed by atoms with Gasteiger partial charge in [-0.15, -0.1) is 0 Å². The maximum atomic E-state index is 8.44. The van der Waals surface area contributed by atoms with E-state index in [1.54, 1.807) is 5.06 Å². The molecule has 0 aromatic rings. The van der Waals surface area contributed by atoms with Gasteiger partial charge in [-0.3, -0.25) is 0 Å². The van der Waals surface area contributed by atoms with Crippen LogP contribution < -0.4 is 17.6 Å². The first-order valence-corrected chi connectivity index (χ1v) is 4.27. The van der Waals surface area contributed by atoms with Crippen LogP contribution in [0.15, 0.2) is 0 Å². The zero-order valence-electron chi connectivity index (χ0n) is 6.94. The minimum atomic E-state index is -2.23. The summed E-state index contributed by atoms with van der Waals surface area (Å²) in [5.74, 6) is 0. The minimum Gasteiger partial charge on any atom is -0.344 e. The van der Waals surface area contributed by atoms with E-state index in [1.165, 1.54) is 0 Å². The molecule has 0 saturated carbocycles. The predicted molar refractivity (Wildman–Crippen MR) is 46.9 cm³/mol. The molecule has 0 radical (unpaired) electrons. The van der Waals surface area contributed by atoms with E-state index in [1.807, 2.05) is 0 Å². The quantitative estimate of drug-likeness (QED) is 0.374. The van der Waals surface area contributed by atoms with E-state index in [2.05, 4.69) is 9.94 Å². The number of rotatable bonds is 2. The van der Waals surface area contributed by atoms with Crippen molar-refractivity contribution in [2.45, 2.75) is 0 Å². The summed E-state index contributed by atoms with van der Waals surface area (Å²) in [6.07, 6.45) is 0. The van der Waals surface area contributed by atoms with Crippen molar-refractivity contribution in [1.29, 1.82) is 0 Å². The second kappa shape index (κ2) is 7.78. The first-order chi connectivity index (χ1) is 4.79. The number of hydrogen-bond donors (Lipinski definition) is 5. The maximum Gasteiger partial charge on any atom is 0.345 e. The van der Waals surface area contributed by atoms with Gasteiger partial charge in [-0.25, -0.2) is 4.62 Å². The Morgan fingerprint density at radius 1 is 1.17 bits per heavy atom. The van der Waals surface area contributed by atoms with Crippen LogP contribution in [0.1, 0.15) is 0 Å². The van der Waals surface area contributed by atoms with Crippen LogP contribution in [0, 0.1) is 0 Å². The van der Waals surface area contributed by atoms with Crippen molar-refractivity contribution in [1.82, 2.24) is 22.7 Å². The summed E-state index contributed by atoms with van der Waals surface area (Å²) in [6, 6.07) is 0. The van der Waals surface area contributed by atoms with Crippen LogP contribution in [-0.4, -0.2) is 41.0 Å². The maximum absolute atomic E-state index is 8.44. The van der Waals surface area contributed by atoms with Crippen molar-refractivity contribution in [2.75, 3.05) is 26.2 Å².